The SMILES string of the molecule is NC(=S)c1cn([C@H]2C[C@@H](O)[C@H](CO)O2)c(=O)[nH]c1=O. The summed E-state index contributed by atoms with van der Waals surface area (Å²) in [7, 11) is 0. The number of thiocarbonyl (C=S) groups is 1. The molecule has 1 aromatic rings. The van der Waals surface area contributed by atoms with Gasteiger partial charge in [0.15, 0.2) is 0 Å². The molecule has 8 nitrogen and oxygen atoms in total. The molecule has 0 unspecified atom stereocenters. The van der Waals surface area contributed by atoms with E-state index in [2.05, 4.69) is 4.98 Å². The molecule has 1 aliphatic rings. The van der Waals surface area contributed by atoms with Crippen molar-refractivity contribution in [3.8, 4) is 0 Å². The lowest BCUT2D eigenvalue weighted by molar-refractivity contribution is -0.0459. The van der Waals surface area contributed by atoms with Gasteiger partial charge in [0.05, 0.1) is 18.3 Å². The molecule has 0 bridgehead atoms. The maximum atomic E-state index is 11.7. The summed E-state index contributed by atoms with van der Waals surface area (Å²) in [5, 5.41) is 18.6. The van der Waals surface area contributed by atoms with Crippen LogP contribution in [-0.4, -0.2) is 43.6 Å². The lowest BCUT2D eigenvalue weighted by atomic mass is 10.2. The molecule has 1 saturated heterocycles. The molecule has 1 aliphatic heterocycles. The smallest absolute Gasteiger partial charge is 0.330 e. The predicted octanol–water partition coefficient (Wildman–Crippen LogP) is -2.19. The Balaban J connectivity index is 2.41. The number of aromatic amines is 1. The van der Waals surface area contributed by atoms with E-state index in [1.165, 1.54) is 6.20 Å². The van der Waals surface area contributed by atoms with E-state index in [4.69, 9.17) is 27.8 Å². The maximum Gasteiger partial charge on any atom is 0.330 e. The monoisotopic (exact) mass is 287 g/mol. The van der Waals surface area contributed by atoms with E-state index in [9.17, 15) is 14.7 Å². The molecule has 0 saturated carbocycles. The molecule has 2 rings (SSSR count). The summed E-state index contributed by atoms with van der Waals surface area (Å²) >= 11 is 4.71. The van der Waals surface area contributed by atoms with Gasteiger partial charge in [-0.05, 0) is 0 Å². The van der Waals surface area contributed by atoms with Gasteiger partial charge in [0, 0.05) is 12.6 Å². The summed E-state index contributed by atoms with van der Waals surface area (Å²) in [6.07, 6.45) is -1.13. The van der Waals surface area contributed by atoms with Crippen LogP contribution in [-0.2, 0) is 4.74 Å². The fourth-order valence-electron chi connectivity index (χ4n) is 1.92. The van der Waals surface area contributed by atoms with Crippen molar-refractivity contribution in [2.75, 3.05) is 6.61 Å². The molecule has 5 N–H and O–H groups in total. The summed E-state index contributed by atoms with van der Waals surface area (Å²) in [6.45, 7) is -0.363. The third-order valence-corrected chi connectivity index (χ3v) is 3.15. The van der Waals surface area contributed by atoms with E-state index < -0.39 is 29.7 Å². The first kappa shape index (κ1) is 13.9. The summed E-state index contributed by atoms with van der Waals surface area (Å²) in [5.74, 6) is 0. The molecule has 0 aliphatic carbocycles. The third kappa shape index (κ3) is 2.59. The number of hydrogen-bond donors (Lipinski definition) is 4. The van der Waals surface area contributed by atoms with Crippen LogP contribution in [0.15, 0.2) is 15.8 Å². The summed E-state index contributed by atoms with van der Waals surface area (Å²) < 4.78 is 6.41. The standard InChI is InChI=1S/C10H13N3O5S/c11-8(19)4-2-13(10(17)12-9(4)16)7-1-5(15)6(3-14)18-7/h2,5-7,14-15H,1,3H2,(H2,11,19)(H,12,16,17)/t5-,6+,7-/m1/s1. The topological polar surface area (TPSA) is 131 Å². The molecule has 104 valence electrons. The second-order valence-electron chi connectivity index (χ2n) is 4.19. The Morgan fingerprint density at radius 3 is 2.84 bits per heavy atom. The zero-order valence-electron chi connectivity index (χ0n) is 9.78. The fourth-order valence-corrected chi connectivity index (χ4v) is 2.07. The van der Waals surface area contributed by atoms with Crippen LogP contribution < -0.4 is 17.0 Å². The Hall–Kier alpha value is -1.55. The quantitative estimate of drug-likeness (QED) is 0.464. The van der Waals surface area contributed by atoms with Crippen molar-refractivity contribution in [1.82, 2.24) is 9.55 Å². The van der Waals surface area contributed by atoms with Crippen molar-refractivity contribution < 1.29 is 14.9 Å². The van der Waals surface area contributed by atoms with Gasteiger partial charge in [-0.15, -0.1) is 0 Å². The lowest BCUT2D eigenvalue weighted by Crippen LogP contribution is -2.36. The molecule has 1 fully saturated rings. The number of H-pyrrole nitrogens is 1. The molecular weight excluding hydrogens is 274 g/mol. The molecule has 0 spiro atoms. The van der Waals surface area contributed by atoms with Crippen molar-refractivity contribution in [2.24, 2.45) is 5.73 Å². The van der Waals surface area contributed by atoms with Crippen LogP contribution in [0, 0.1) is 0 Å². The summed E-state index contributed by atoms with van der Waals surface area (Å²) in [6, 6.07) is 0. The highest BCUT2D eigenvalue weighted by molar-refractivity contribution is 7.80. The Morgan fingerprint density at radius 1 is 1.63 bits per heavy atom. The van der Waals surface area contributed by atoms with E-state index in [1.54, 1.807) is 0 Å². The first-order chi connectivity index (χ1) is 8.93. The Kier molecular flexibility index (Phi) is 3.80. The number of aliphatic hydroxyl groups is 2. The number of aromatic nitrogens is 2. The number of ether oxygens (including phenoxy) is 1. The third-order valence-electron chi connectivity index (χ3n) is 2.93. The molecule has 2 heterocycles. The highest BCUT2D eigenvalue weighted by Crippen LogP contribution is 2.27. The van der Waals surface area contributed by atoms with Crippen molar-refractivity contribution in [1.29, 1.82) is 0 Å². The van der Waals surface area contributed by atoms with Crippen LogP contribution in [0.4, 0.5) is 0 Å². The Bertz CT molecular complexity index is 610. The average Bonchev–Trinajstić information content (AvgIpc) is 2.69. The summed E-state index contributed by atoms with van der Waals surface area (Å²) in [4.78, 5) is 25.1. The predicted molar refractivity (Wildman–Crippen MR) is 68.8 cm³/mol. The minimum atomic E-state index is -0.887. The van der Waals surface area contributed by atoms with Crippen LogP contribution in [0.2, 0.25) is 0 Å². The number of nitrogens with zero attached hydrogens (tertiary/aromatic N) is 1. The number of aliphatic hydroxyl groups excluding tert-OH is 2. The van der Waals surface area contributed by atoms with E-state index >= 15 is 0 Å². The summed E-state index contributed by atoms with van der Waals surface area (Å²) in [5.41, 5.74) is 4.00. The Labute approximate surface area is 112 Å². The van der Waals surface area contributed by atoms with Gasteiger partial charge in [-0.25, -0.2) is 4.79 Å². The van der Waals surface area contributed by atoms with Gasteiger partial charge in [0.25, 0.3) is 5.56 Å². The van der Waals surface area contributed by atoms with Crippen LogP contribution in [0.1, 0.15) is 18.2 Å². The molecule has 1 aromatic heterocycles. The van der Waals surface area contributed by atoms with Gasteiger partial charge in [0.1, 0.15) is 17.3 Å². The number of nitrogens with one attached hydrogen (secondary N) is 1. The van der Waals surface area contributed by atoms with Crippen LogP contribution in [0.3, 0.4) is 0 Å². The van der Waals surface area contributed by atoms with Crippen LogP contribution in [0.25, 0.3) is 0 Å². The van der Waals surface area contributed by atoms with Gasteiger partial charge >= 0.3 is 5.69 Å². The van der Waals surface area contributed by atoms with Gasteiger partial charge in [-0.1, -0.05) is 12.2 Å². The van der Waals surface area contributed by atoms with E-state index in [-0.39, 0.29) is 23.6 Å². The molecule has 0 radical (unpaired) electrons. The largest absolute Gasteiger partial charge is 0.394 e. The average molecular weight is 287 g/mol. The maximum absolute atomic E-state index is 11.7. The van der Waals surface area contributed by atoms with Crippen LogP contribution in [0.5, 0.6) is 0 Å². The van der Waals surface area contributed by atoms with E-state index in [0.29, 0.717) is 0 Å². The first-order valence-corrected chi connectivity index (χ1v) is 5.94. The van der Waals surface area contributed by atoms with Gasteiger partial charge in [-0.3, -0.25) is 14.3 Å². The highest BCUT2D eigenvalue weighted by atomic mass is 32.1. The second kappa shape index (κ2) is 5.21. The van der Waals surface area contributed by atoms with Gasteiger partial charge < -0.3 is 20.7 Å². The Morgan fingerprint density at radius 2 is 2.32 bits per heavy atom. The molecule has 19 heavy (non-hydrogen) atoms. The molecule has 0 aromatic carbocycles. The zero-order valence-corrected chi connectivity index (χ0v) is 10.6. The van der Waals surface area contributed by atoms with Crippen molar-refractivity contribution in [3.05, 3.63) is 32.6 Å². The van der Waals surface area contributed by atoms with Crippen molar-refractivity contribution in [2.45, 2.75) is 24.9 Å². The highest BCUT2D eigenvalue weighted by Gasteiger charge is 2.35. The van der Waals surface area contributed by atoms with Crippen molar-refractivity contribution >= 4 is 17.2 Å². The fraction of sp³-hybridized carbons (Fsp3) is 0.500. The van der Waals surface area contributed by atoms with E-state index in [1.807, 2.05) is 0 Å². The minimum absolute atomic E-state index is 0.0138. The second-order valence-corrected chi connectivity index (χ2v) is 4.63. The molecule has 3 atom stereocenters. The number of rotatable bonds is 3. The van der Waals surface area contributed by atoms with Gasteiger partial charge in [0.2, 0.25) is 0 Å². The number of nitrogens with two attached hydrogens (primary N) is 1. The molecule has 0 amide bonds. The molecular formula is C10H13N3O5S. The molecule has 9 heteroatoms. The van der Waals surface area contributed by atoms with Gasteiger partial charge in [-0.2, -0.15) is 0 Å². The first-order valence-electron chi connectivity index (χ1n) is 5.53. The van der Waals surface area contributed by atoms with Crippen molar-refractivity contribution in [3.63, 3.8) is 0 Å². The normalized spacial score (nSPS) is 26.5. The van der Waals surface area contributed by atoms with E-state index in [0.717, 1.165) is 4.57 Å². The zero-order chi connectivity index (χ0) is 14.2. The number of hydrogen-bond acceptors (Lipinski definition) is 6. The van der Waals surface area contributed by atoms with Crippen LogP contribution >= 0.6 is 12.2 Å². The minimum Gasteiger partial charge on any atom is -0.394 e. The lowest BCUT2D eigenvalue weighted by Gasteiger charge is -2.15.